The summed E-state index contributed by atoms with van der Waals surface area (Å²) in [7, 11) is 0. The van der Waals surface area contributed by atoms with Crippen molar-refractivity contribution in [1.29, 1.82) is 5.26 Å². The number of aryl methyl sites for hydroxylation is 2. The molecule has 0 spiro atoms. The molecule has 2 aromatic heterocycles. The highest BCUT2D eigenvalue weighted by molar-refractivity contribution is 6.05. The Bertz CT molecular complexity index is 2550. The number of hydrogen-bond acceptors (Lipinski definition) is 5. The molecule has 0 amide bonds. The molecule has 0 aliphatic rings. The Labute approximate surface area is 291 Å². The number of benzene rings is 6. The number of fused-ring (bicyclic) bond motifs is 1. The van der Waals surface area contributed by atoms with Crippen LogP contribution in [0.4, 0.5) is 0 Å². The molecular weight excluding hydrogens is 611 g/mol. The molecule has 8 rings (SSSR count). The Morgan fingerprint density at radius 2 is 0.860 bits per heavy atom. The molecule has 0 atom stereocenters. The van der Waals surface area contributed by atoms with Crippen LogP contribution in [0.3, 0.4) is 0 Å². The van der Waals surface area contributed by atoms with E-state index >= 15 is 0 Å². The molecule has 0 aliphatic heterocycles. The minimum atomic E-state index is 0.606. The third kappa shape index (κ3) is 5.80. The summed E-state index contributed by atoms with van der Waals surface area (Å²) >= 11 is 0. The van der Waals surface area contributed by atoms with Gasteiger partial charge in [0.25, 0.3) is 0 Å². The summed E-state index contributed by atoms with van der Waals surface area (Å²) < 4.78 is 0. The summed E-state index contributed by atoms with van der Waals surface area (Å²) in [4.78, 5) is 19.8. The zero-order valence-electron chi connectivity index (χ0n) is 27.7. The van der Waals surface area contributed by atoms with E-state index in [4.69, 9.17) is 19.9 Å². The normalized spacial score (nSPS) is 11.0. The fraction of sp³-hybridized carbons (Fsp3) is 0.0444. The highest BCUT2D eigenvalue weighted by Gasteiger charge is 2.17. The maximum atomic E-state index is 9.26. The van der Waals surface area contributed by atoms with Gasteiger partial charge in [0.2, 0.25) is 0 Å². The molecule has 0 saturated heterocycles. The number of hydrogen-bond donors (Lipinski definition) is 0. The first-order chi connectivity index (χ1) is 24.6. The second kappa shape index (κ2) is 13.0. The van der Waals surface area contributed by atoms with Gasteiger partial charge in [-0.2, -0.15) is 5.26 Å². The lowest BCUT2D eigenvalue weighted by atomic mass is 9.91. The average molecular weight is 642 g/mol. The summed E-state index contributed by atoms with van der Waals surface area (Å²) in [5.41, 5.74) is 11.9. The highest BCUT2D eigenvalue weighted by atomic mass is 15.0. The van der Waals surface area contributed by atoms with E-state index < -0.39 is 0 Å². The van der Waals surface area contributed by atoms with Gasteiger partial charge in [0.1, 0.15) is 0 Å². The van der Waals surface area contributed by atoms with E-state index in [-0.39, 0.29) is 0 Å². The number of rotatable bonds is 6. The fourth-order valence-electron chi connectivity index (χ4n) is 6.55. The molecule has 50 heavy (non-hydrogen) atoms. The van der Waals surface area contributed by atoms with E-state index in [1.165, 1.54) is 0 Å². The van der Waals surface area contributed by atoms with Gasteiger partial charge in [0, 0.05) is 33.6 Å². The fourth-order valence-corrected chi connectivity index (χ4v) is 6.55. The second-order valence-electron chi connectivity index (χ2n) is 12.3. The topological polar surface area (TPSA) is 75.3 Å². The van der Waals surface area contributed by atoms with Crippen LogP contribution in [-0.4, -0.2) is 19.9 Å². The zero-order chi connectivity index (χ0) is 34.0. The quantitative estimate of drug-likeness (QED) is 0.181. The molecule has 0 radical (unpaired) electrons. The first kappa shape index (κ1) is 30.6. The SMILES string of the molecule is Cc1ccc(-c2ccccc2-c2nc(-c3ccccc3)nc(-c3ccc(-c4ccc(-c5ccc(C#N)cc5)c5ccccc45)cc3)n2)c(C)n1. The minimum Gasteiger partial charge on any atom is -0.258 e. The molecule has 5 heteroatoms. The van der Waals surface area contributed by atoms with Gasteiger partial charge < -0.3 is 0 Å². The van der Waals surface area contributed by atoms with Crippen LogP contribution >= 0.6 is 0 Å². The molecule has 2 heterocycles. The van der Waals surface area contributed by atoms with Gasteiger partial charge in [-0.25, -0.2) is 15.0 Å². The van der Waals surface area contributed by atoms with Crippen LogP contribution in [0.1, 0.15) is 17.0 Å². The van der Waals surface area contributed by atoms with Crippen molar-refractivity contribution < 1.29 is 0 Å². The standard InChI is InChI=1S/C45H31N5/c1-29-16-25-36(30(2)47-29)39-12-8-9-15-42(39)45-49-43(34-10-4-3-5-11-34)48-44(50-45)35-23-21-33(22-24-35)38-27-26-37(40-13-6-7-14-41(38)40)32-19-17-31(28-46)18-20-32/h3-27H,1-2H3. The first-order valence-electron chi connectivity index (χ1n) is 16.5. The lowest BCUT2D eigenvalue weighted by Gasteiger charge is -2.14. The van der Waals surface area contributed by atoms with Crippen molar-refractivity contribution in [1.82, 2.24) is 19.9 Å². The molecule has 6 aromatic carbocycles. The van der Waals surface area contributed by atoms with Crippen molar-refractivity contribution in [2.24, 2.45) is 0 Å². The first-order valence-corrected chi connectivity index (χ1v) is 16.5. The van der Waals surface area contributed by atoms with E-state index in [0.717, 1.165) is 72.2 Å². The molecule has 0 saturated carbocycles. The van der Waals surface area contributed by atoms with Crippen LogP contribution in [-0.2, 0) is 0 Å². The predicted molar refractivity (Wildman–Crippen MR) is 202 cm³/mol. The smallest absolute Gasteiger partial charge is 0.164 e. The Morgan fingerprint density at radius 1 is 0.380 bits per heavy atom. The average Bonchev–Trinajstić information content (AvgIpc) is 3.18. The zero-order valence-corrected chi connectivity index (χ0v) is 27.7. The van der Waals surface area contributed by atoms with Crippen molar-refractivity contribution in [3.63, 3.8) is 0 Å². The van der Waals surface area contributed by atoms with Gasteiger partial charge >= 0.3 is 0 Å². The van der Waals surface area contributed by atoms with Crippen LogP contribution in [0.25, 0.3) is 78.3 Å². The summed E-state index contributed by atoms with van der Waals surface area (Å²) in [6.45, 7) is 4.05. The Morgan fingerprint density at radius 3 is 1.46 bits per heavy atom. The van der Waals surface area contributed by atoms with Crippen molar-refractivity contribution >= 4 is 10.8 Å². The summed E-state index contributed by atoms with van der Waals surface area (Å²) in [5, 5.41) is 11.6. The van der Waals surface area contributed by atoms with Gasteiger partial charge in [0.05, 0.1) is 11.6 Å². The number of aromatic nitrogens is 4. The molecule has 8 aromatic rings. The predicted octanol–water partition coefficient (Wildman–Crippen LogP) is 10.9. The summed E-state index contributed by atoms with van der Waals surface area (Å²) in [5.74, 6) is 1.83. The molecule has 0 N–H and O–H groups in total. The van der Waals surface area contributed by atoms with Crippen LogP contribution < -0.4 is 0 Å². The molecule has 0 unspecified atom stereocenters. The van der Waals surface area contributed by atoms with Crippen LogP contribution in [0.15, 0.2) is 152 Å². The van der Waals surface area contributed by atoms with Gasteiger partial charge in [-0.15, -0.1) is 0 Å². The van der Waals surface area contributed by atoms with Crippen LogP contribution in [0, 0.1) is 25.2 Å². The van der Waals surface area contributed by atoms with Gasteiger partial charge in [-0.05, 0) is 70.6 Å². The molecule has 0 fully saturated rings. The van der Waals surface area contributed by atoms with Crippen molar-refractivity contribution in [2.45, 2.75) is 13.8 Å². The number of pyridine rings is 1. The number of nitrogens with zero attached hydrogens (tertiary/aromatic N) is 5. The van der Waals surface area contributed by atoms with Crippen molar-refractivity contribution in [3.05, 3.63) is 169 Å². The maximum absolute atomic E-state index is 9.26. The lowest BCUT2D eigenvalue weighted by molar-refractivity contribution is 1.07. The monoisotopic (exact) mass is 641 g/mol. The molecule has 236 valence electrons. The molecule has 5 nitrogen and oxygen atoms in total. The second-order valence-corrected chi connectivity index (χ2v) is 12.3. The van der Waals surface area contributed by atoms with E-state index in [1.54, 1.807) is 0 Å². The summed E-state index contributed by atoms with van der Waals surface area (Å²) in [6, 6.07) is 53.7. The van der Waals surface area contributed by atoms with Gasteiger partial charge in [0.15, 0.2) is 17.5 Å². The Balaban J connectivity index is 1.22. The third-order valence-electron chi connectivity index (χ3n) is 9.05. The highest BCUT2D eigenvalue weighted by Crippen LogP contribution is 2.37. The number of nitriles is 1. The molecule has 0 bridgehead atoms. The maximum Gasteiger partial charge on any atom is 0.164 e. The van der Waals surface area contributed by atoms with Crippen LogP contribution in [0.5, 0.6) is 0 Å². The van der Waals surface area contributed by atoms with E-state index in [0.29, 0.717) is 23.0 Å². The Hall–Kier alpha value is -6.77. The van der Waals surface area contributed by atoms with Gasteiger partial charge in [-0.3, -0.25) is 4.98 Å². The molecule has 0 aliphatic carbocycles. The van der Waals surface area contributed by atoms with E-state index in [2.05, 4.69) is 84.9 Å². The minimum absolute atomic E-state index is 0.606. The van der Waals surface area contributed by atoms with Crippen molar-refractivity contribution in [3.8, 4) is 73.6 Å². The van der Waals surface area contributed by atoms with Crippen LogP contribution in [0.2, 0.25) is 0 Å². The molecular formula is C45H31N5. The lowest BCUT2D eigenvalue weighted by Crippen LogP contribution is -2.01. The van der Waals surface area contributed by atoms with E-state index in [1.807, 2.05) is 86.6 Å². The summed E-state index contributed by atoms with van der Waals surface area (Å²) in [6.07, 6.45) is 0. The Kier molecular flexibility index (Phi) is 7.96. The van der Waals surface area contributed by atoms with Gasteiger partial charge in [-0.1, -0.05) is 133 Å². The largest absolute Gasteiger partial charge is 0.258 e. The van der Waals surface area contributed by atoms with E-state index in [9.17, 15) is 5.26 Å². The van der Waals surface area contributed by atoms with Crippen molar-refractivity contribution in [2.75, 3.05) is 0 Å². The third-order valence-corrected chi connectivity index (χ3v) is 9.05.